The molecule has 4 rings (SSSR count). The van der Waals surface area contributed by atoms with Crippen molar-refractivity contribution >= 4 is 52.1 Å². The summed E-state index contributed by atoms with van der Waals surface area (Å²) in [5.41, 5.74) is 2.88. The Morgan fingerprint density at radius 1 is 1.06 bits per heavy atom. The zero-order valence-electron chi connectivity index (χ0n) is 18.7. The molecular formula is C25H30Cl3N3O2. The summed E-state index contributed by atoms with van der Waals surface area (Å²) in [5.74, 6) is 0.549. The molecule has 2 aromatic carbocycles. The highest BCUT2D eigenvalue weighted by molar-refractivity contribution is 6.35. The Hall–Kier alpha value is -1.66. The average molecular weight is 511 g/mol. The van der Waals surface area contributed by atoms with Gasteiger partial charge in [-0.05, 0) is 62.1 Å². The van der Waals surface area contributed by atoms with Crippen molar-refractivity contribution < 1.29 is 9.90 Å². The van der Waals surface area contributed by atoms with Crippen molar-refractivity contribution in [2.75, 3.05) is 43.0 Å². The van der Waals surface area contributed by atoms with Crippen LogP contribution in [0.2, 0.25) is 15.1 Å². The van der Waals surface area contributed by atoms with Crippen molar-refractivity contribution in [3.8, 4) is 0 Å². The standard InChI is InChI=1S/C25H30Cl3N3O2/c1-16(21-4-2-19(26)12-23(21)28)29-24-13-20(3-5-22(24)27)30-10-7-18(8-11-30)25(33)31-9-6-17(14-31)15-32/h2-5,12-13,16-18,29,32H,6-11,14-15H2,1H3. The number of halogens is 3. The predicted octanol–water partition coefficient (Wildman–Crippen LogP) is 5.88. The van der Waals surface area contributed by atoms with Gasteiger partial charge in [-0.1, -0.05) is 40.9 Å². The van der Waals surface area contributed by atoms with E-state index >= 15 is 0 Å². The Morgan fingerprint density at radius 3 is 2.48 bits per heavy atom. The van der Waals surface area contributed by atoms with E-state index in [1.165, 1.54) is 0 Å². The minimum absolute atomic E-state index is 0.0471. The number of rotatable bonds is 6. The summed E-state index contributed by atoms with van der Waals surface area (Å²) >= 11 is 18.9. The van der Waals surface area contributed by atoms with Gasteiger partial charge in [-0.25, -0.2) is 0 Å². The van der Waals surface area contributed by atoms with Crippen LogP contribution in [-0.4, -0.2) is 48.7 Å². The smallest absolute Gasteiger partial charge is 0.225 e. The number of carbonyl (C=O) groups is 1. The van der Waals surface area contributed by atoms with Crippen LogP contribution in [0.1, 0.15) is 37.8 Å². The highest BCUT2D eigenvalue weighted by atomic mass is 35.5. The summed E-state index contributed by atoms with van der Waals surface area (Å²) in [6.07, 6.45) is 2.57. The fraction of sp³-hybridized carbons (Fsp3) is 0.480. The third kappa shape index (κ3) is 5.71. The van der Waals surface area contributed by atoms with Gasteiger partial charge in [0.2, 0.25) is 5.91 Å². The van der Waals surface area contributed by atoms with Crippen LogP contribution >= 0.6 is 34.8 Å². The number of amides is 1. The molecule has 2 fully saturated rings. The molecule has 2 aliphatic rings. The molecule has 0 radical (unpaired) electrons. The van der Waals surface area contributed by atoms with Crippen LogP contribution in [0.4, 0.5) is 11.4 Å². The summed E-state index contributed by atoms with van der Waals surface area (Å²) in [6, 6.07) is 11.5. The zero-order chi connectivity index (χ0) is 23.5. The fourth-order valence-corrected chi connectivity index (χ4v) is 5.55. The van der Waals surface area contributed by atoms with Gasteiger partial charge in [-0.3, -0.25) is 4.79 Å². The first-order valence-corrected chi connectivity index (χ1v) is 12.6. The molecule has 0 aromatic heterocycles. The number of aliphatic hydroxyl groups excluding tert-OH is 1. The second-order valence-electron chi connectivity index (χ2n) is 9.08. The Kier molecular flexibility index (Phi) is 7.95. The van der Waals surface area contributed by atoms with E-state index < -0.39 is 0 Å². The van der Waals surface area contributed by atoms with Crippen molar-refractivity contribution in [1.82, 2.24) is 4.90 Å². The minimum atomic E-state index is -0.0471. The largest absolute Gasteiger partial charge is 0.396 e. The molecule has 2 aromatic rings. The summed E-state index contributed by atoms with van der Waals surface area (Å²) in [5, 5.41) is 14.7. The quantitative estimate of drug-likeness (QED) is 0.510. The van der Waals surface area contributed by atoms with E-state index in [0.717, 1.165) is 55.8 Å². The van der Waals surface area contributed by atoms with E-state index in [0.29, 0.717) is 21.6 Å². The number of hydrogen-bond acceptors (Lipinski definition) is 4. The first kappa shape index (κ1) is 24.5. The molecule has 2 N–H and O–H groups in total. The molecule has 178 valence electrons. The molecule has 2 atom stereocenters. The average Bonchev–Trinajstić information content (AvgIpc) is 3.29. The van der Waals surface area contributed by atoms with Crippen molar-refractivity contribution in [3.63, 3.8) is 0 Å². The van der Waals surface area contributed by atoms with Crippen LogP contribution in [-0.2, 0) is 4.79 Å². The van der Waals surface area contributed by atoms with E-state index in [-0.39, 0.29) is 30.4 Å². The van der Waals surface area contributed by atoms with Crippen LogP contribution < -0.4 is 10.2 Å². The van der Waals surface area contributed by atoms with Gasteiger partial charge >= 0.3 is 0 Å². The Morgan fingerprint density at radius 2 is 1.82 bits per heavy atom. The van der Waals surface area contributed by atoms with Crippen LogP contribution in [0.15, 0.2) is 36.4 Å². The van der Waals surface area contributed by atoms with Crippen molar-refractivity contribution in [3.05, 3.63) is 57.0 Å². The van der Waals surface area contributed by atoms with E-state index in [4.69, 9.17) is 34.8 Å². The first-order chi connectivity index (χ1) is 15.9. The number of nitrogens with one attached hydrogen (secondary N) is 1. The maximum Gasteiger partial charge on any atom is 0.225 e. The van der Waals surface area contributed by atoms with Gasteiger partial charge in [0.05, 0.1) is 16.8 Å². The molecule has 33 heavy (non-hydrogen) atoms. The molecule has 0 aliphatic carbocycles. The molecular weight excluding hydrogens is 481 g/mol. The lowest BCUT2D eigenvalue weighted by molar-refractivity contribution is -0.135. The Bertz CT molecular complexity index is 995. The van der Waals surface area contributed by atoms with Gasteiger partial charge in [0.1, 0.15) is 0 Å². The molecule has 8 heteroatoms. The lowest BCUT2D eigenvalue weighted by atomic mass is 9.95. The number of hydrogen-bond donors (Lipinski definition) is 2. The normalized spacial score (nSPS) is 20.2. The van der Waals surface area contributed by atoms with E-state index in [1.54, 1.807) is 6.07 Å². The molecule has 2 saturated heterocycles. The number of nitrogens with zero attached hydrogens (tertiary/aromatic N) is 2. The molecule has 1 amide bonds. The zero-order valence-corrected chi connectivity index (χ0v) is 21.0. The molecule has 0 bridgehead atoms. The van der Waals surface area contributed by atoms with E-state index in [1.807, 2.05) is 36.1 Å². The second-order valence-corrected chi connectivity index (χ2v) is 10.3. The van der Waals surface area contributed by atoms with Crippen LogP contribution in [0.5, 0.6) is 0 Å². The maximum atomic E-state index is 12.9. The minimum Gasteiger partial charge on any atom is -0.396 e. The summed E-state index contributed by atoms with van der Waals surface area (Å²) < 4.78 is 0. The second kappa shape index (κ2) is 10.7. The monoisotopic (exact) mass is 509 g/mol. The van der Waals surface area contributed by atoms with Gasteiger partial charge < -0.3 is 20.2 Å². The SMILES string of the molecule is CC(Nc1cc(N2CCC(C(=O)N3CCC(CO)C3)CC2)ccc1Cl)c1ccc(Cl)cc1Cl. The number of aliphatic hydroxyl groups is 1. The first-order valence-electron chi connectivity index (χ1n) is 11.5. The summed E-state index contributed by atoms with van der Waals surface area (Å²) in [7, 11) is 0. The summed E-state index contributed by atoms with van der Waals surface area (Å²) in [4.78, 5) is 17.1. The number of likely N-dealkylation sites (tertiary alicyclic amines) is 1. The van der Waals surface area contributed by atoms with Crippen molar-refractivity contribution in [2.45, 2.75) is 32.2 Å². The third-order valence-corrected chi connectivity index (χ3v) is 7.71. The number of piperidine rings is 1. The highest BCUT2D eigenvalue weighted by Crippen LogP contribution is 2.34. The predicted molar refractivity (Wildman–Crippen MR) is 137 cm³/mol. The highest BCUT2D eigenvalue weighted by Gasteiger charge is 2.32. The van der Waals surface area contributed by atoms with Crippen LogP contribution in [0.25, 0.3) is 0 Å². The topological polar surface area (TPSA) is 55.8 Å². The Labute approximate surface area is 210 Å². The van der Waals surface area contributed by atoms with Crippen molar-refractivity contribution in [1.29, 1.82) is 0 Å². The van der Waals surface area contributed by atoms with Gasteiger partial charge in [-0.15, -0.1) is 0 Å². The maximum absolute atomic E-state index is 12.9. The Balaban J connectivity index is 1.38. The molecule has 2 aliphatic heterocycles. The van der Waals surface area contributed by atoms with E-state index in [9.17, 15) is 9.90 Å². The number of carbonyl (C=O) groups excluding carboxylic acids is 1. The fourth-order valence-electron chi connectivity index (χ4n) is 4.81. The van der Waals surface area contributed by atoms with E-state index in [2.05, 4.69) is 16.3 Å². The van der Waals surface area contributed by atoms with Crippen molar-refractivity contribution in [2.24, 2.45) is 11.8 Å². The molecule has 2 unspecified atom stereocenters. The number of anilines is 2. The lowest BCUT2D eigenvalue weighted by Gasteiger charge is -2.35. The molecule has 2 heterocycles. The molecule has 5 nitrogen and oxygen atoms in total. The van der Waals surface area contributed by atoms with Crippen LogP contribution in [0, 0.1) is 11.8 Å². The van der Waals surface area contributed by atoms with Gasteiger partial charge in [0.15, 0.2) is 0 Å². The third-order valence-electron chi connectivity index (χ3n) is 6.82. The van der Waals surface area contributed by atoms with Gasteiger partial charge in [-0.2, -0.15) is 0 Å². The molecule has 0 spiro atoms. The number of benzene rings is 2. The summed E-state index contributed by atoms with van der Waals surface area (Å²) in [6.45, 7) is 5.32. The molecule has 0 saturated carbocycles. The van der Waals surface area contributed by atoms with Crippen LogP contribution in [0.3, 0.4) is 0 Å². The van der Waals surface area contributed by atoms with Gasteiger partial charge in [0, 0.05) is 60.4 Å². The lowest BCUT2D eigenvalue weighted by Crippen LogP contribution is -2.42. The van der Waals surface area contributed by atoms with Gasteiger partial charge in [0.25, 0.3) is 0 Å².